The predicted octanol–water partition coefficient (Wildman–Crippen LogP) is 4.19. The molecule has 0 fully saturated rings. The van der Waals surface area contributed by atoms with Gasteiger partial charge in [0.05, 0.1) is 11.5 Å². The quantitative estimate of drug-likeness (QED) is 0.680. The van der Waals surface area contributed by atoms with E-state index < -0.39 is 5.97 Å². The number of aromatic nitrogens is 1. The number of esters is 1. The summed E-state index contributed by atoms with van der Waals surface area (Å²) in [6.45, 7) is 2.45. The van der Waals surface area contributed by atoms with Gasteiger partial charge in [-0.15, -0.1) is 22.7 Å². The van der Waals surface area contributed by atoms with Gasteiger partial charge in [-0.3, -0.25) is 10.1 Å². The molecule has 1 amide bonds. The molecule has 0 saturated heterocycles. The zero-order chi connectivity index (χ0) is 18.1. The number of carbonyl (C=O) groups is 2. The molecule has 1 aliphatic rings. The molecule has 0 aliphatic carbocycles. The van der Waals surface area contributed by atoms with E-state index in [1.54, 1.807) is 12.3 Å². The largest absolute Gasteiger partial charge is 0.488 e. The number of amides is 1. The first-order valence-corrected chi connectivity index (χ1v) is 9.64. The zero-order valence-corrected chi connectivity index (χ0v) is 15.4. The Morgan fingerprint density at radius 2 is 2.19 bits per heavy atom. The van der Waals surface area contributed by atoms with Gasteiger partial charge >= 0.3 is 5.97 Å². The van der Waals surface area contributed by atoms with Crippen molar-refractivity contribution in [3.8, 4) is 16.2 Å². The standard InChI is InChI=1S/C18H14N2O4S2/c1-2-23-17(22)12-9-25-18(19-12)20-16(21)14-7-10-8-24-13-6-4-3-5-11(13)15(10)26-14/h3-7,9H,2,8H2,1H3,(H,19,20,21). The first-order chi connectivity index (χ1) is 12.7. The maximum Gasteiger partial charge on any atom is 0.357 e. The first kappa shape index (κ1) is 16.7. The van der Waals surface area contributed by atoms with E-state index in [2.05, 4.69) is 10.3 Å². The van der Waals surface area contributed by atoms with Crippen molar-refractivity contribution >= 4 is 39.7 Å². The average molecular weight is 386 g/mol. The van der Waals surface area contributed by atoms with Crippen molar-refractivity contribution in [3.05, 3.63) is 51.8 Å². The molecule has 3 aromatic rings. The van der Waals surface area contributed by atoms with Gasteiger partial charge in [0.15, 0.2) is 10.8 Å². The molecule has 26 heavy (non-hydrogen) atoms. The topological polar surface area (TPSA) is 77.5 Å². The number of thiophene rings is 1. The number of benzene rings is 1. The summed E-state index contributed by atoms with van der Waals surface area (Å²) in [6.07, 6.45) is 0. The van der Waals surface area contributed by atoms with Crippen molar-refractivity contribution in [2.75, 3.05) is 11.9 Å². The lowest BCUT2D eigenvalue weighted by Gasteiger charge is -2.16. The molecule has 0 spiro atoms. The van der Waals surface area contributed by atoms with Crippen LogP contribution in [0.25, 0.3) is 10.4 Å². The minimum Gasteiger partial charge on any atom is -0.488 e. The fourth-order valence-electron chi connectivity index (χ4n) is 2.60. The van der Waals surface area contributed by atoms with E-state index in [-0.39, 0.29) is 18.2 Å². The van der Waals surface area contributed by atoms with Crippen LogP contribution in [0.4, 0.5) is 5.13 Å². The summed E-state index contributed by atoms with van der Waals surface area (Å²) in [4.78, 5) is 29.9. The van der Waals surface area contributed by atoms with Crippen molar-refractivity contribution < 1.29 is 19.1 Å². The normalized spacial score (nSPS) is 11.9. The molecule has 2 aromatic heterocycles. The Bertz CT molecular complexity index is 993. The van der Waals surface area contributed by atoms with E-state index in [1.807, 2.05) is 30.3 Å². The van der Waals surface area contributed by atoms with Crippen LogP contribution in [0.1, 0.15) is 32.6 Å². The highest BCUT2D eigenvalue weighted by molar-refractivity contribution is 7.18. The Hall–Kier alpha value is -2.71. The number of fused-ring (bicyclic) bond motifs is 3. The SMILES string of the molecule is CCOC(=O)c1csc(NC(=O)c2cc3c(s2)-c2ccccc2OC3)n1. The fraction of sp³-hybridized carbons (Fsp3) is 0.167. The summed E-state index contributed by atoms with van der Waals surface area (Å²) in [6, 6.07) is 9.62. The van der Waals surface area contributed by atoms with Gasteiger partial charge in [-0.05, 0) is 25.1 Å². The Morgan fingerprint density at radius 3 is 3.04 bits per heavy atom. The average Bonchev–Trinajstić information content (AvgIpc) is 3.29. The fourth-order valence-corrected chi connectivity index (χ4v) is 4.37. The number of anilines is 1. The van der Waals surface area contributed by atoms with Crippen LogP contribution in [0.5, 0.6) is 5.75 Å². The zero-order valence-electron chi connectivity index (χ0n) is 13.8. The third kappa shape index (κ3) is 3.09. The van der Waals surface area contributed by atoms with Crippen LogP contribution in [-0.4, -0.2) is 23.5 Å². The smallest absolute Gasteiger partial charge is 0.357 e. The van der Waals surface area contributed by atoms with Gasteiger partial charge in [0, 0.05) is 21.4 Å². The van der Waals surface area contributed by atoms with Crippen LogP contribution >= 0.6 is 22.7 Å². The van der Waals surface area contributed by atoms with Crippen LogP contribution in [0, 0.1) is 0 Å². The molecule has 4 rings (SSSR count). The van der Waals surface area contributed by atoms with Crippen LogP contribution in [0.15, 0.2) is 35.7 Å². The number of carbonyl (C=O) groups excluding carboxylic acids is 2. The lowest BCUT2D eigenvalue weighted by Crippen LogP contribution is -2.11. The van der Waals surface area contributed by atoms with Gasteiger partial charge in [-0.2, -0.15) is 0 Å². The second-order valence-corrected chi connectivity index (χ2v) is 7.37. The van der Waals surface area contributed by atoms with Crippen LogP contribution in [0.3, 0.4) is 0 Å². The molecular weight excluding hydrogens is 372 g/mol. The van der Waals surface area contributed by atoms with Crippen molar-refractivity contribution in [1.82, 2.24) is 4.98 Å². The maximum atomic E-state index is 12.6. The molecule has 1 aliphatic heterocycles. The summed E-state index contributed by atoms with van der Waals surface area (Å²) >= 11 is 2.61. The van der Waals surface area contributed by atoms with Gasteiger partial charge in [-0.1, -0.05) is 12.1 Å². The van der Waals surface area contributed by atoms with Crippen LogP contribution < -0.4 is 10.1 Å². The third-order valence-electron chi connectivity index (χ3n) is 3.76. The molecule has 0 unspecified atom stereocenters. The molecule has 1 N–H and O–H groups in total. The number of ether oxygens (including phenoxy) is 2. The van der Waals surface area contributed by atoms with Gasteiger partial charge < -0.3 is 9.47 Å². The van der Waals surface area contributed by atoms with Crippen molar-refractivity contribution in [1.29, 1.82) is 0 Å². The lowest BCUT2D eigenvalue weighted by molar-refractivity contribution is 0.0520. The summed E-state index contributed by atoms with van der Waals surface area (Å²) in [5.74, 6) is 0.0732. The second kappa shape index (κ2) is 6.89. The van der Waals surface area contributed by atoms with E-state index in [1.165, 1.54) is 22.7 Å². The molecule has 1 aromatic carbocycles. The van der Waals surface area contributed by atoms with Crippen molar-refractivity contribution in [2.24, 2.45) is 0 Å². The van der Waals surface area contributed by atoms with E-state index in [0.29, 0.717) is 16.6 Å². The summed E-state index contributed by atoms with van der Waals surface area (Å²) in [7, 11) is 0. The molecular formula is C18H14N2O4S2. The highest BCUT2D eigenvalue weighted by atomic mass is 32.1. The predicted molar refractivity (Wildman–Crippen MR) is 100 cm³/mol. The number of nitrogens with one attached hydrogen (secondary N) is 1. The molecule has 3 heterocycles. The minimum atomic E-state index is -0.496. The molecule has 0 atom stereocenters. The molecule has 8 heteroatoms. The molecule has 132 valence electrons. The Labute approximate surface area is 157 Å². The maximum absolute atomic E-state index is 12.6. The number of hydrogen-bond acceptors (Lipinski definition) is 7. The number of nitrogens with zero attached hydrogens (tertiary/aromatic N) is 1. The van der Waals surface area contributed by atoms with E-state index in [9.17, 15) is 9.59 Å². The highest BCUT2D eigenvalue weighted by Crippen LogP contribution is 2.42. The van der Waals surface area contributed by atoms with Crippen LogP contribution in [0.2, 0.25) is 0 Å². The monoisotopic (exact) mass is 386 g/mol. The summed E-state index contributed by atoms with van der Waals surface area (Å²) < 4.78 is 10.6. The number of rotatable bonds is 4. The van der Waals surface area contributed by atoms with E-state index in [4.69, 9.17) is 9.47 Å². The summed E-state index contributed by atoms with van der Waals surface area (Å²) in [5.41, 5.74) is 2.18. The van der Waals surface area contributed by atoms with Gasteiger partial charge in [0.2, 0.25) is 0 Å². The molecule has 6 nitrogen and oxygen atoms in total. The first-order valence-electron chi connectivity index (χ1n) is 7.94. The van der Waals surface area contributed by atoms with E-state index in [0.717, 1.165) is 21.8 Å². The second-order valence-electron chi connectivity index (χ2n) is 5.46. The molecule has 0 radical (unpaired) electrons. The van der Waals surface area contributed by atoms with Crippen LogP contribution in [-0.2, 0) is 11.3 Å². The Kier molecular flexibility index (Phi) is 4.44. The Morgan fingerprint density at radius 1 is 1.35 bits per heavy atom. The van der Waals surface area contributed by atoms with E-state index >= 15 is 0 Å². The minimum absolute atomic E-state index is 0.194. The summed E-state index contributed by atoms with van der Waals surface area (Å²) in [5, 5.41) is 4.67. The third-order valence-corrected chi connectivity index (χ3v) is 5.72. The van der Waals surface area contributed by atoms with Gasteiger partial charge in [0.1, 0.15) is 12.4 Å². The molecule has 0 saturated carbocycles. The van der Waals surface area contributed by atoms with Crippen molar-refractivity contribution in [2.45, 2.75) is 13.5 Å². The lowest BCUT2D eigenvalue weighted by atomic mass is 10.1. The van der Waals surface area contributed by atoms with Crippen molar-refractivity contribution in [3.63, 3.8) is 0 Å². The number of thiazole rings is 1. The highest BCUT2D eigenvalue weighted by Gasteiger charge is 2.23. The van der Waals surface area contributed by atoms with Gasteiger partial charge in [-0.25, -0.2) is 9.78 Å². The van der Waals surface area contributed by atoms with Gasteiger partial charge in [0.25, 0.3) is 5.91 Å². The Balaban J connectivity index is 1.54. The number of hydrogen-bond donors (Lipinski definition) is 1. The molecule has 0 bridgehead atoms. The number of para-hydroxylation sites is 1.